The summed E-state index contributed by atoms with van der Waals surface area (Å²) in [6.45, 7) is 5.32. The number of ketones is 1. The first-order valence-corrected chi connectivity index (χ1v) is 4.98. The molecule has 0 bridgehead atoms. The Hall–Kier alpha value is -0.630. The molecule has 0 radical (unpaired) electrons. The van der Waals surface area contributed by atoms with Crippen LogP contribution in [0.2, 0.25) is 0 Å². The van der Waals surface area contributed by atoms with Crippen molar-refractivity contribution in [3.8, 4) is 0 Å². The topological polar surface area (TPSA) is 26.3 Å². The largest absolute Gasteiger partial charge is 0.374 e. The molecular weight excluding hydrogens is 164 g/mol. The van der Waals surface area contributed by atoms with Gasteiger partial charge in [0.25, 0.3) is 0 Å². The maximum atomic E-state index is 10.9. The third-order valence-electron chi connectivity index (χ3n) is 2.38. The first-order valence-electron chi connectivity index (χ1n) is 4.98. The van der Waals surface area contributed by atoms with Crippen LogP contribution in [-0.4, -0.2) is 18.0 Å². The second-order valence-corrected chi connectivity index (χ2v) is 3.74. The van der Waals surface area contributed by atoms with Gasteiger partial charge in [-0.1, -0.05) is 6.08 Å². The van der Waals surface area contributed by atoms with Crippen LogP contribution in [0.15, 0.2) is 12.7 Å². The molecule has 1 saturated heterocycles. The quantitative estimate of drug-likeness (QED) is 0.624. The van der Waals surface area contributed by atoms with E-state index >= 15 is 0 Å². The molecule has 0 aromatic carbocycles. The van der Waals surface area contributed by atoms with Gasteiger partial charge in [-0.05, 0) is 32.6 Å². The lowest BCUT2D eigenvalue weighted by Gasteiger charge is -2.28. The number of ether oxygens (including phenoxy) is 1. The molecule has 0 unspecified atom stereocenters. The zero-order valence-corrected chi connectivity index (χ0v) is 8.29. The van der Waals surface area contributed by atoms with Crippen molar-refractivity contribution in [2.45, 2.75) is 51.2 Å². The molecule has 0 spiro atoms. The van der Waals surface area contributed by atoms with E-state index < -0.39 is 0 Å². The fourth-order valence-electron chi connectivity index (χ4n) is 1.81. The number of hydrogen-bond donors (Lipinski definition) is 0. The summed E-state index contributed by atoms with van der Waals surface area (Å²) in [7, 11) is 0. The van der Waals surface area contributed by atoms with E-state index in [1.165, 1.54) is 6.42 Å². The monoisotopic (exact) mass is 182 g/mol. The Morgan fingerprint density at radius 3 is 2.85 bits per heavy atom. The molecule has 0 aromatic heterocycles. The number of carbonyl (C=O) groups excluding carboxylic acids is 1. The average Bonchev–Trinajstić information content (AvgIpc) is 2.04. The lowest BCUT2D eigenvalue weighted by Crippen LogP contribution is -2.28. The SMILES string of the molecule is C=CC[C@H]1CCC[C@@H](CC(C)=O)O1. The van der Waals surface area contributed by atoms with E-state index in [1.54, 1.807) is 6.92 Å². The molecule has 1 aliphatic rings. The van der Waals surface area contributed by atoms with Crippen molar-refractivity contribution in [1.29, 1.82) is 0 Å². The average molecular weight is 182 g/mol. The van der Waals surface area contributed by atoms with Crippen LogP contribution in [0.3, 0.4) is 0 Å². The molecule has 2 atom stereocenters. The van der Waals surface area contributed by atoms with Gasteiger partial charge in [0.15, 0.2) is 0 Å². The molecule has 1 heterocycles. The van der Waals surface area contributed by atoms with Gasteiger partial charge < -0.3 is 4.74 Å². The Balaban J connectivity index is 2.32. The number of rotatable bonds is 4. The molecule has 2 nitrogen and oxygen atoms in total. The molecule has 13 heavy (non-hydrogen) atoms. The molecule has 2 heteroatoms. The minimum atomic E-state index is 0.163. The zero-order valence-electron chi connectivity index (χ0n) is 8.29. The Bertz CT molecular complexity index is 187. The summed E-state index contributed by atoms with van der Waals surface area (Å²) < 4.78 is 5.75. The van der Waals surface area contributed by atoms with Crippen molar-refractivity contribution in [2.75, 3.05) is 0 Å². The van der Waals surface area contributed by atoms with Crippen LogP contribution in [0.5, 0.6) is 0 Å². The smallest absolute Gasteiger partial charge is 0.132 e. The molecule has 0 aromatic rings. The number of Topliss-reactive ketones (excluding diaryl/α,β-unsaturated/α-hetero) is 1. The lowest BCUT2D eigenvalue weighted by molar-refractivity contribution is -0.123. The van der Waals surface area contributed by atoms with E-state index in [-0.39, 0.29) is 11.9 Å². The predicted octanol–water partition coefficient (Wildman–Crippen LogP) is 2.48. The van der Waals surface area contributed by atoms with E-state index in [0.29, 0.717) is 12.5 Å². The van der Waals surface area contributed by atoms with Crippen LogP contribution in [0, 0.1) is 0 Å². The van der Waals surface area contributed by atoms with Crippen LogP contribution >= 0.6 is 0 Å². The van der Waals surface area contributed by atoms with Gasteiger partial charge in [0.2, 0.25) is 0 Å². The van der Waals surface area contributed by atoms with E-state index in [9.17, 15) is 4.79 Å². The fourth-order valence-corrected chi connectivity index (χ4v) is 1.81. The summed E-state index contributed by atoms with van der Waals surface area (Å²) in [5.74, 6) is 0.226. The van der Waals surface area contributed by atoms with Crippen LogP contribution in [0.4, 0.5) is 0 Å². The summed E-state index contributed by atoms with van der Waals surface area (Å²) in [5, 5.41) is 0. The third-order valence-corrected chi connectivity index (χ3v) is 2.38. The molecule has 1 aliphatic heterocycles. The predicted molar refractivity (Wildman–Crippen MR) is 52.6 cm³/mol. The third kappa shape index (κ3) is 3.73. The van der Waals surface area contributed by atoms with Crippen molar-refractivity contribution in [1.82, 2.24) is 0 Å². The highest BCUT2D eigenvalue weighted by molar-refractivity contribution is 5.75. The van der Waals surface area contributed by atoms with Crippen molar-refractivity contribution < 1.29 is 9.53 Å². The Kier molecular flexibility index (Phi) is 4.16. The molecule has 1 fully saturated rings. The normalized spacial score (nSPS) is 28.4. The van der Waals surface area contributed by atoms with Gasteiger partial charge in [0.1, 0.15) is 5.78 Å². The van der Waals surface area contributed by atoms with Gasteiger partial charge in [0.05, 0.1) is 12.2 Å². The van der Waals surface area contributed by atoms with Gasteiger partial charge in [-0.25, -0.2) is 0 Å². The highest BCUT2D eigenvalue weighted by Gasteiger charge is 2.22. The van der Waals surface area contributed by atoms with Crippen LogP contribution in [0.1, 0.15) is 39.0 Å². The minimum absolute atomic E-state index is 0.163. The number of carbonyl (C=O) groups is 1. The Labute approximate surface area is 80.0 Å². The van der Waals surface area contributed by atoms with Crippen LogP contribution < -0.4 is 0 Å². The van der Waals surface area contributed by atoms with Gasteiger partial charge >= 0.3 is 0 Å². The summed E-state index contributed by atoms with van der Waals surface area (Å²) in [6.07, 6.45) is 7.17. The number of hydrogen-bond acceptors (Lipinski definition) is 2. The van der Waals surface area contributed by atoms with Gasteiger partial charge in [-0.15, -0.1) is 6.58 Å². The summed E-state index contributed by atoms with van der Waals surface area (Å²) in [6, 6.07) is 0. The molecule has 0 amide bonds. The van der Waals surface area contributed by atoms with E-state index in [2.05, 4.69) is 6.58 Å². The lowest BCUT2D eigenvalue weighted by atomic mass is 9.99. The molecule has 0 N–H and O–H groups in total. The molecule has 0 aliphatic carbocycles. The Morgan fingerprint density at radius 1 is 1.54 bits per heavy atom. The van der Waals surface area contributed by atoms with Crippen LogP contribution in [0.25, 0.3) is 0 Å². The first-order chi connectivity index (χ1) is 6.22. The van der Waals surface area contributed by atoms with E-state index in [1.807, 2.05) is 6.08 Å². The molecule has 74 valence electrons. The fraction of sp³-hybridized carbons (Fsp3) is 0.727. The Morgan fingerprint density at radius 2 is 2.23 bits per heavy atom. The maximum Gasteiger partial charge on any atom is 0.132 e. The standard InChI is InChI=1S/C11H18O2/c1-3-5-10-6-4-7-11(13-10)8-9(2)12/h3,10-11H,1,4-8H2,2H3/t10-,11-/m0/s1. The van der Waals surface area contributed by atoms with Crippen LogP contribution in [-0.2, 0) is 9.53 Å². The first kappa shape index (κ1) is 10.5. The van der Waals surface area contributed by atoms with E-state index in [4.69, 9.17) is 4.74 Å². The highest BCUT2D eigenvalue weighted by Crippen LogP contribution is 2.23. The molecular formula is C11H18O2. The van der Waals surface area contributed by atoms with Gasteiger partial charge in [0, 0.05) is 6.42 Å². The molecule has 0 saturated carbocycles. The van der Waals surface area contributed by atoms with Crippen molar-refractivity contribution in [3.05, 3.63) is 12.7 Å². The second kappa shape index (κ2) is 5.18. The summed E-state index contributed by atoms with van der Waals surface area (Å²) in [5.41, 5.74) is 0. The van der Waals surface area contributed by atoms with E-state index in [0.717, 1.165) is 19.3 Å². The van der Waals surface area contributed by atoms with Gasteiger partial charge in [-0.3, -0.25) is 4.79 Å². The molecule has 1 rings (SSSR count). The summed E-state index contributed by atoms with van der Waals surface area (Å²) in [4.78, 5) is 10.9. The minimum Gasteiger partial charge on any atom is -0.374 e. The van der Waals surface area contributed by atoms with Gasteiger partial charge in [-0.2, -0.15) is 0 Å². The van der Waals surface area contributed by atoms with Crippen molar-refractivity contribution >= 4 is 5.78 Å². The maximum absolute atomic E-state index is 10.9. The zero-order chi connectivity index (χ0) is 9.68. The highest BCUT2D eigenvalue weighted by atomic mass is 16.5. The van der Waals surface area contributed by atoms with Crippen molar-refractivity contribution in [3.63, 3.8) is 0 Å². The summed E-state index contributed by atoms with van der Waals surface area (Å²) >= 11 is 0. The second-order valence-electron chi connectivity index (χ2n) is 3.74. The van der Waals surface area contributed by atoms with Crippen molar-refractivity contribution in [2.24, 2.45) is 0 Å².